The topological polar surface area (TPSA) is 132 Å². The summed E-state index contributed by atoms with van der Waals surface area (Å²) in [5.74, 6) is -0.426. The molecule has 1 aliphatic rings. The quantitative estimate of drug-likeness (QED) is 0.264. The molecule has 0 aromatic heterocycles. The van der Waals surface area contributed by atoms with Crippen LogP contribution in [-0.2, 0) is 14.4 Å². The van der Waals surface area contributed by atoms with Gasteiger partial charge in [0.25, 0.3) is 17.7 Å². The standard InChI is InChI=1S/C30H29N3O8/c1-4-15-40-25-14-11-21(17-26(25)39-3)33-29(36)23(28(35)32-30(33)37)16-19-7-5-6-8-24(19)41-18-27(34)31-20-9-12-22(38-2)13-10-20/h5-14,16-17H,4,15,18H2,1-3H3,(H,31,34)(H,32,35,37)/b23-16-. The van der Waals surface area contributed by atoms with E-state index in [2.05, 4.69) is 10.6 Å². The van der Waals surface area contributed by atoms with Crippen molar-refractivity contribution in [3.63, 3.8) is 0 Å². The van der Waals surface area contributed by atoms with Crippen LogP contribution in [0.2, 0.25) is 0 Å². The van der Waals surface area contributed by atoms with Crippen molar-refractivity contribution in [2.45, 2.75) is 13.3 Å². The highest BCUT2D eigenvalue weighted by Gasteiger charge is 2.37. The van der Waals surface area contributed by atoms with Crippen molar-refractivity contribution in [1.29, 1.82) is 0 Å². The number of ether oxygens (including phenoxy) is 4. The van der Waals surface area contributed by atoms with Crippen LogP contribution in [0.15, 0.2) is 72.3 Å². The van der Waals surface area contributed by atoms with E-state index in [0.29, 0.717) is 35.1 Å². The lowest BCUT2D eigenvalue weighted by Crippen LogP contribution is -2.54. The van der Waals surface area contributed by atoms with Crippen molar-refractivity contribution in [2.75, 3.05) is 37.7 Å². The number of nitrogens with one attached hydrogen (secondary N) is 2. The number of hydrogen-bond acceptors (Lipinski definition) is 8. The molecule has 0 unspecified atom stereocenters. The second-order valence-electron chi connectivity index (χ2n) is 8.74. The second kappa shape index (κ2) is 13.2. The Hall–Kier alpha value is -5.32. The molecule has 0 aliphatic carbocycles. The normalized spacial score (nSPS) is 14.0. The molecule has 4 rings (SSSR count). The maximum atomic E-state index is 13.4. The van der Waals surface area contributed by atoms with Crippen LogP contribution in [0.4, 0.5) is 16.2 Å². The molecule has 5 amide bonds. The van der Waals surface area contributed by atoms with Crippen LogP contribution in [0.3, 0.4) is 0 Å². The molecule has 3 aromatic carbocycles. The van der Waals surface area contributed by atoms with Gasteiger partial charge in [-0.25, -0.2) is 9.69 Å². The Bertz CT molecular complexity index is 1480. The lowest BCUT2D eigenvalue weighted by molar-refractivity contribution is -0.122. The zero-order valence-corrected chi connectivity index (χ0v) is 22.8. The number of anilines is 2. The zero-order valence-electron chi connectivity index (χ0n) is 22.8. The number of carbonyl (C=O) groups excluding carboxylic acids is 4. The van der Waals surface area contributed by atoms with Gasteiger partial charge in [0, 0.05) is 17.3 Å². The highest BCUT2D eigenvalue weighted by molar-refractivity contribution is 6.39. The largest absolute Gasteiger partial charge is 0.497 e. The Morgan fingerprint density at radius 2 is 1.66 bits per heavy atom. The molecular weight excluding hydrogens is 530 g/mol. The van der Waals surface area contributed by atoms with Gasteiger partial charge < -0.3 is 24.3 Å². The molecule has 11 heteroatoms. The summed E-state index contributed by atoms with van der Waals surface area (Å²) in [5, 5.41) is 4.91. The molecule has 3 aromatic rings. The first-order valence-electron chi connectivity index (χ1n) is 12.7. The fourth-order valence-corrected chi connectivity index (χ4v) is 3.92. The molecule has 1 heterocycles. The predicted molar refractivity (Wildman–Crippen MR) is 151 cm³/mol. The van der Waals surface area contributed by atoms with Crippen molar-refractivity contribution >= 4 is 41.2 Å². The third-order valence-electron chi connectivity index (χ3n) is 5.92. The predicted octanol–water partition coefficient (Wildman–Crippen LogP) is 4.18. The first kappa shape index (κ1) is 28.7. The number of barbiturate groups is 1. The third-order valence-corrected chi connectivity index (χ3v) is 5.92. The average Bonchev–Trinajstić information content (AvgIpc) is 2.98. The van der Waals surface area contributed by atoms with Crippen molar-refractivity contribution in [1.82, 2.24) is 5.32 Å². The van der Waals surface area contributed by atoms with Crippen LogP contribution < -0.4 is 34.5 Å². The van der Waals surface area contributed by atoms with Crippen LogP contribution >= 0.6 is 0 Å². The van der Waals surface area contributed by atoms with Crippen molar-refractivity contribution < 1.29 is 38.1 Å². The Labute approximate surface area is 236 Å². The van der Waals surface area contributed by atoms with E-state index in [9.17, 15) is 19.2 Å². The summed E-state index contributed by atoms with van der Waals surface area (Å²) in [7, 11) is 2.99. The molecule has 1 saturated heterocycles. The van der Waals surface area contributed by atoms with Crippen molar-refractivity contribution in [3.05, 3.63) is 77.9 Å². The molecule has 212 valence electrons. The van der Waals surface area contributed by atoms with E-state index in [4.69, 9.17) is 18.9 Å². The summed E-state index contributed by atoms with van der Waals surface area (Å²) in [6.45, 7) is 2.09. The van der Waals surface area contributed by atoms with Gasteiger partial charge in [-0.3, -0.25) is 19.7 Å². The maximum absolute atomic E-state index is 13.4. The number of carbonyl (C=O) groups is 4. The lowest BCUT2D eigenvalue weighted by Gasteiger charge is -2.27. The van der Waals surface area contributed by atoms with Crippen molar-refractivity contribution in [3.8, 4) is 23.0 Å². The van der Waals surface area contributed by atoms with Gasteiger partial charge >= 0.3 is 6.03 Å². The molecule has 1 fully saturated rings. The average molecular weight is 560 g/mol. The Balaban J connectivity index is 1.53. The Kier molecular flexibility index (Phi) is 9.20. The highest BCUT2D eigenvalue weighted by Crippen LogP contribution is 2.34. The molecule has 0 radical (unpaired) electrons. The van der Waals surface area contributed by atoms with E-state index >= 15 is 0 Å². The maximum Gasteiger partial charge on any atom is 0.335 e. The first-order valence-corrected chi connectivity index (χ1v) is 12.7. The van der Waals surface area contributed by atoms with Crippen LogP contribution in [-0.4, -0.2) is 51.2 Å². The number of nitrogens with zero attached hydrogens (tertiary/aromatic N) is 1. The van der Waals surface area contributed by atoms with Crippen LogP contribution in [0.1, 0.15) is 18.9 Å². The second-order valence-corrected chi connectivity index (χ2v) is 8.74. The summed E-state index contributed by atoms with van der Waals surface area (Å²) >= 11 is 0. The van der Waals surface area contributed by atoms with Gasteiger partial charge in [0.05, 0.1) is 26.5 Å². The summed E-state index contributed by atoms with van der Waals surface area (Å²) in [6.07, 6.45) is 2.09. The molecule has 2 N–H and O–H groups in total. The van der Waals surface area contributed by atoms with Crippen LogP contribution in [0.5, 0.6) is 23.0 Å². The van der Waals surface area contributed by atoms with E-state index in [1.54, 1.807) is 61.7 Å². The minimum atomic E-state index is -0.902. The summed E-state index contributed by atoms with van der Waals surface area (Å²) < 4.78 is 21.8. The van der Waals surface area contributed by atoms with Crippen LogP contribution in [0, 0.1) is 0 Å². The number of methoxy groups -OCH3 is 2. The van der Waals surface area contributed by atoms with E-state index in [0.717, 1.165) is 11.3 Å². The molecule has 1 aliphatic heterocycles. The smallest absolute Gasteiger partial charge is 0.335 e. The summed E-state index contributed by atoms with van der Waals surface area (Å²) in [5.41, 5.74) is 0.809. The van der Waals surface area contributed by atoms with Crippen LogP contribution in [0.25, 0.3) is 6.08 Å². The Morgan fingerprint density at radius 3 is 2.37 bits per heavy atom. The van der Waals surface area contributed by atoms with Gasteiger partial charge in [-0.05, 0) is 55.0 Å². The highest BCUT2D eigenvalue weighted by atomic mass is 16.5. The van der Waals surface area contributed by atoms with E-state index in [-0.39, 0.29) is 23.6 Å². The SMILES string of the molecule is CCCOc1ccc(N2C(=O)NC(=O)/C(=C/c3ccccc3OCC(=O)Nc3ccc(OC)cc3)C2=O)cc1OC. The molecule has 11 nitrogen and oxygen atoms in total. The first-order chi connectivity index (χ1) is 19.8. The molecule has 0 spiro atoms. The fourth-order valence-electron chi connectivity index (χ4n) is 3.92. The molecule has 41 heavy (non-hydrogen) atoms. The van der Waals surface area contributed by atoms with Gasteiger partial charge in [0.1, 0.15) is 17.1 Å². The van der Waals surface area contributed by atoms with E-state index in [1.807, 2.05) is 6.92 Å². The molecule has 0 atom stereocenters. The number of amides is 5. The summed E-state index contributed by atoms with van der Waals surface area (Å²) in [6, 6.07) is 17.1. The van der Waals surface area contributed by atoms with Gasteiger partial charge in [-0.2, -0.15) is 0 Å². The van der Waals surface area contributed by atoms with E-state index in [1.165, 1.54) is 25.3 Å². The minimum Gasteiger partial charge on any atom is -0.497 e. The van der Waals surface area contributed by atoms with Gasteiger partial charge in [0.2, 0.25) is 0 Å². The minimum absolute atomic E-state index is 0.186. The monoisotopic (exact) mass is 559 g/mol. The fraction of sp³-hybridized carbons (Fsp3) is 0.200. The number of para-hydroxylation sites is 1. The zero-order chi connectivity index (χ0) is 29.4. The lowest BCUT2D eigenvalue weighted by atomic mass is 10.1. The molecule has 0 saturated carbocycles. The number of urea groups is 1. The number of hydrogen-bond donors (Lipinski definition) is 2. The number of benzene rings is 3. The van der Waals surface area contributed by atoms with Gasteiger partial charge in [0.15, 0.2) is 18.1 Å². The van der Waals surface area contributed by atoms with Crippen molar-refractivity contribution in [2.24, 2.45) is 0 Å². The molecule has 0 bridgehead atoms. The summed E-state index contributed by atoms with van der Waals surface area (Å²) in [4.78, 5) is 52.1. The number of rotatable bonds is 11. The van der Waals surface area contributed by atoms with Gasteiger partial charge in [-0.1, -0.05) is 25.1 Å². The third kappa shape index (κ3) is 6.82. The molecular formula is C30H29N3O8. The Morgan fingerprint density at radius 1 is 0.902 bits per heavy atom. The van der Waals surface area contributed by atoms with E-state index < -0.39 is 23.8 Å². The van der Waals surface area contributed by atoms with Gasteiger partial charge in [-0.15, -0.1) is 0 Å². The number of imide groups is 2.